The molecule has 1 N–H and O–H groups in total. The minimum Gasteiger partial charge on any atom is -0.493 e. The van der Waals surface area contributed by atoms with Gasteiger partial charge in [-0.25, -0.2) is 0 Å². The molecule has 0 radical (unpaired) electrons. The molecule has 1 aromatic carbocycles. The Morgan fingerprint density at radius 3 is 2.62 bits per heavy atom. The Balaban J connectivity index is 2.25. The number of rotatable bonds is 5. The summed E-state index contributed by atoms with van der Waals surface area (Å²) < 4.78 is 34.8. The molecule has 2 rings (SSSR count). The number of para-hydroxylation sites is 1. The molecule has 1 heterocycles. The smallest absolute Gasteiger partial charge is 0.387 e. The monoisotopic (exact) mass is 343 g/mol. The van der Waals surface area contributed by atoms with Crippen molar-refractivity contribution in [3.8, 4) is 11.5 Å². The quantitative estimate of drug-likeness (QED) is 0.889. The average Bonchev–Trinajstić information content (AvgIpc) is 2.53. The fraction of sp³-hybridized carbons (Fsp3) is 0.500. The van der Waals surface area contributed by atoms with Crippen molar-refractivity contribution in [2.24, 2.45) is 11.8 Å². The second-order valence-electron chi connectivity index (χ2n) is 5.68. The molecule has 8 heteroatoms. The van der Waals surface area contributed by atoms with Crippen LogP contribution in [0, 0.1) is 11.8 Å². The van der Waals surface area contributed by atoms with Gasteiger partial charge >= 0.3 is 12.6 Å². The van der Waals surface area contributed by atoms with Gasteiger partial charge < -0.3 is 19.5 Å². The number of nitrogens with zero attached hydrogens (tertiary/aromatic N) is 1. The van der Waals surface area contributed by atoms with Crippen LogP contribution < -0.4 is 9.47 Å². The molecule has 2 unspecified atom stereocenters. The molecular weight excluding hydrogens is 324 g/mol. The number of hydrogen-bond donors (Lipinski definition) is 1. The van der Waals surface area contributed by atoms with Crippen LogP contribution in [0.4, 0.5) is 8.78 Å². The summed E-state index contributed by atoms with van der Waals surface area (Å²) in [5.41, 5.74) is -0.0318. The fourth-order valence-electron chi connectivity index (χ4n) is 2.92. The zero-order valence-electron chi connectivity index (χ0n) is 13.4. The summed E-state index contributed by atoms with van der Waals surface area (Å²) in [5, 5.41) is 9.14. The first-order valence-corrected chi connectivity index (χ1v) is 7.49. The van der Waals surface area contributed by atoms with Crippen LogP contribution in [0.5, 0.6) is 11.5 Å². The number of ether oxygens (including phenoxy) is 2. The number of carboxylic acids is 1. The van der Waals surface area contributed by atoms with Crippen molar-refractivity contribution < 1.29 is 33.0 Å². The number of likely N-dealkylation sites (tertiary alicyclic amines) is 1. The van der Waals surface area contributed by atoms with Crippen molar-refractivity contribution in [1.29, 1.82) is 0 Å². The summed E-state index contributed by atoms with van der Waals surface area (Å²) in [5.74, 6) is -2.40. The number of carbonyl (C=O) groups is 2. The summed E-state index contributed by atoms with van der Waals surface area (Å²) in [6.07, 6.45) is 0.317. The maximum absolute atomic E-state index is 12.7. The first kappa shape index (κ1) is 18.0. The van der Waals surface area contributed by atoms with Gasteiger partial charge in [0.05, 0.1) is 18.6 Å². The molecular formula is C16H19F2NO5. The lowest BCUT2D eigenvalue weighted by Gasteiger charge is -2.35. The van der Waals surface area contributed by atoms with Crippen molar-refractivity contribution in [3.05, 3.63) is 23.8 Å². The number of carboxylic acid groups (broad SMARTS) is 1. The van der Waals surface area contributed by atoms with Gasteiger partial charge in [0, 0.05) is 13.1 Å². The number of alkyl halides is 2. The Labute approximate surface area is 138 Å². The zero-order chi connectivity index (χ0) is 17.9. The third kappa shape index (κ3) is 3.74. The molecule has 2 atom stereocenters. The SMILES string of the molecule is COc1cccc(C(=O)N2CCC(C(=O)O)C(C)C2)c1OC(F)F. The maximum atomic E-state index is 12.7. The lowest BCUT2D eigenvalue weighted by Crippen LogP contribution is -2.45. The van der Waals surface area contributed by atoms with Crippen molar-refractivity contribution >= 4 is 11.9 Å². The summed E-state index contributed by atoms with van der Waals surface area (Å²) in [6, 6.07) is 4.32. The summed E-state index contributed by atoms with van der Waals surface area (Å²) in [4.78, 5) is 25.3. The molecule has 0 bridgehead atoms. The van der Waals surface area contributed by atoms with E-state index in [1.807, 2.05) is 0 Å². The van der Waals surface area contributed by atoms with Crippen molar-refractivity contribution in [2.75, 3.05) is 20.2 Å². The Morgan fingerprint density at radius 1 is 1.38 bits per heavy atom. The highest BCUT2D eigenvalue weighted by Gasteiger charge is 2.34. The molecule has 0 spiro atoms. The maximum Gasteiger partial charge on any atom is 0.387 e. The van der Waals surface area contributed by atoms with Crippen LogP contribution in [-0.4, -0.2) is 48.7 Å². The predicted molar refractivity (Wildman–Crippen MR) is 80.4 cm³/mol. The van der Waals surface area contributed by atoms with Gasteiger partial charge in [0.25, 0.3) is 5.91 Å². The normalized spacial score (nSPS) is 20.8. The largest absolute Gasteiger partial charge is 0.493 e. The molecule has 0 aliphatic carbocycles. The highest BCUT2D eigenvalue weighted by atomic mass is 19.3. The van der Waals surface area contributed by atoms with Crippen LogP contribution in [0.15, 0.2) is 18.2 Å². The number of methoxy groups -OCH3 is 1. The molecule has 0 saturated carbocycles. The van der Waals surface area contributed by atoms with Gasteiger partial charge in [0.1, 0.15) is 0 Å². The van der Waals surface area contributed by atoms with Crippen molar-refractivity contribution in [2.45, 2.75) is 20.0 Å². The molecule has 1 aromatic rings. The van der Waals surface area contributed by atoms with Gasteiger partial charge in [-0.1, -0.05) is 13.0 Å². The van der Waals surface area contributed by atoms with E-state index >= 15 is 0 Å². The van der Waals surface area contributed by atoms with E-state index in [1.54, 1.807) is 6.92 Å². The molecule has 6 nitrogen and oxygen atoms in total. The van der Waals surface area contributed by atoms with Gasteiger partial charge in [0.2, 0.25) is 0 Å². The number of aliphatic carboxylic acids is 1. The number of halogens is 2. The number of piperidine rings is 1. The van der Waals surface area contributed by atoms with E-state index in [0.717, 1.165) is 0 Å². The summed E-state index contributed by atoms with van der Waals surface area (Å²) >= 11 is 0. The Morgan fingerprint density at radius 2 is 2.08 bits per heavy atom. The third-order valence-corrected chi connectivity index (χ3v) is 4.15. The van der Waals surface area contributed by atoms with Crippen molar-refractivity contribution in [3.63, 3.8) is 0 Å². The molecule has 24 heavy (non-hydrogen) atoms. The van der Waals surface area contributed by atoms with E-state index in [-0.39, 0.29) is 36.1 Å². The van der Waals surface area contributed by atoms with E-state index in [4.69, 9.17) is 9.84 Å². The first-order chi connectivity index (χ1) is 11.3. The molecule has 1 amide bonds. The predicted octanol–water partition coefficient (Wildman–Crippen LogP) is 2.48. The fourth-order valence-corrected chi connectivity index (χ4v) is 2.92. The van der Waals surface area contributed by atoms with Gasteiger partial charge in [-0.3, -0.25) is 9.59 Å². The number of amides is 1. The third-order valence-electron chi connectivity index (χ3n) is 4.15. The number of hydrogen-bond acceptors (Lipinski definition) is 4. The topological polar surface area (TPSA) is 76.1 Å². The Hall–Kier alpha value is -2.38. The molecule has 132 valence electrons. The van der Waals surface area contributed by atoms with Gasteiger partial charge in [-0.15, -0.1) is 0 Å². The Kier molecular flexibility index (Phi) is 5.58. The summed E-state index contributed by atoms with van der Waals surface area (Å²) in [7, 11) is 1.29. The molecule has 1 saturated heterocycles. The van der Waals surface area contributed by atoms with Gasteiger partial charge in [-0.05, 0) is 24.5 Å². The average molecular weight is 343 g/mol. The van der Waals surface area contributed by atoms with Crippen LogP contribution in [0.2, 0.25) is 0 Å². The molecule has 1 aliphatic rings. The van der Waals surface area contributed by atoms with Gasteiger partial charge in [0.15, 0.2) is 11.5 Å². The van der Waals surface area contributed by atoms with Crippen LogP contribution in [0.1, 0.15) is 23.7 Å². The van der Waals surface area contributed by atoms with E-state index in [2.05, 4.69) is 4.74 Å². The highest BCUT2D eigenvalue weighted by Crippen LogP contribution is 2.34. The molecule has 0 aromatic heterocycles. The summed E-state index contributed by atoms with van der Waals surface area (Å²) in [6.45, 7) is -0.864. The van der Waals surface area contributed by atoms with Crippen LogP contribution in [0.3, 0.4) is 0 Å². The first-order valence-electron chi connectivity index (χ1n) is 7.49. The van der Waals surface area contributed by atoms with E-state index in [9.17, 15) is 18.4 Å². The van der Waals surface area contributed by atoms with Crippen molar-refractivity contribution in [1.82, 2.24) is 4.90 Å². The number of benzene rings is 1. The zero-order valence-corrected chi connectivity index (χ0v) is 13.4. The number of carbonyl (C=O) groups excluding carboxylic acids is 1. The van der Waals surface area contributed by atoms with Crippen LogP contribution in [0.25, 0.3) is 0 Å². The van der Waals surface area contributed by atoms with E-state index < -0.39 is 24.4 Å². The van der Waals surface area contributed by atoms with E-state index in [1.165, 1.54) is 30.2 Å². The lowest BCUT2D eigenvalue weighted by molar-refractivity contribution is -0.145. The second kappa shape index (κ2) is 7.46. The minimum atomic E-state index is -3.09. The molecule has 1 aliphatic heterocycles. The minimum absolute atomic E-state index is 0.0318. The second-order valence-corrected chi connectivity index (χ2v) is 5.68. The molecule has 1 fully saturated rings. The van der Waals surface area contributed by atoms with Crippen LogP contribution in [-0.2, 0) is 4.79 Å². The highest BCUT2D eigenvalue weighted by molar-refractivity contribution is 5.98. The van der Waals surface area contributed by atoms with E-state index in [0.29, 0.717) is 6.42 Å². The standard InChI is InChI=1S/C16H19F2NO5/c1-9-8-19(7-6-10(9)15(21)22)14(20)11-4-3-5-12(23-2)13(11)24-16(17)18/h3-5,9-10,16H,6-8H2,1-2H3,(H,21,22). The Bertz CT molecular complexity index is 622. The van der Waals surface area contributed by atoms with Gasteiger partial charge in [-0.2, -0.15) is 8.78 Å². The lowest BCUT2D eigenvalue weighted by atomic mass is 9.87. The van der Waals surface area contributed by atoms with Crippen LogP contribution >= 0.6 is 0 Å².